The molecule has 0 aliphatic carbocycles. The molecule has 6 nitrogen and oxygen atoms in total. The van der Waals surface area contributed by atoms with Crippen molar-refractivity contribution in [2.75, 3.05) is 45.9 Å². The lowest BCUT2D eigenvalue weighted by Crippen LogP contribution is -2.39. The van der Waals surface area contributed by atoms with Crippen molar-refractivity contribution in [2.45, 2.75) is 130 Å². The molecule has 1 fully saturated rings. The molecule has 0 bridgehead atoms. The molecule has 1 heterocycles. The van der Waals surface area contributed by atoms with Gasteiger partial charge in [-0.15, -0.1) is 0 Å². The number of hydrogen-bond donors (Lipinski definition) is 1. The van der Waals surface area contributed by atoms with Crippen molar-refractivity contribution in [2.24, 2.45) is 0 Å². The summed E-state index contributed by atoms with van der Waals surface area (Å²) < 4.78 is 22.6. The van der Waals surface area contributed by atoms with E-state index in [1.165, 1.54) is 90.0 Å². The molecule has 7 heteroatoms. The van der Waals surface area contributed by atoms with Crippen LogP contribution in [0.3, 0.4) is 0 Å². The van der Waals surface area contributed by atoms with Crippen molar-refractivity contribution in [3.8, 4) is 0 Å². The van der Waals surface area contributed by atoms with Crippen LogP contribution in [0.25, 0.3) is 0 Å². The predicted molar refractivity (Wildman–Crippen MR) is 144 cm³/mol. The highest BCUT2D eigenvalue weighted by Gasteiger charge is 2.24. The normalized spacial score (nSPS) is 17.8. The zero-order chi connectivity index (χ0) is 24.9. The third-order valence-electron chi connectivity index (χ3n) is 7.09. The Balaban J connectivity index is 2.26. The summed E-state index contributed by atoms with van der Waals surface area (Å²) in [5, 5.41) is 0. The largest absolute Gasteiger partial charge is 0.472 e. The molecular weight excluding hydrogens is 447 g/mol. The Morgan fingerprint density at radius 2 is 1.26 bits per heavy atom. The molecule has 0 spiro atoms. The van der Waals surface area contributed by atoms with E-state index in [2.05, 4.69) is 30.6 Å². The van der Waals surface area contributed by atoms with E-state index in [4.69, 9.17) is 9.05 Å². The molecule has 0 radical (unpaired) electrons. The number of rotatable bonds is 22. The number of phosphoric acid groups is 1. The SMILES string of the molecule is CCCCCCCCCOP(=O)(O)OCCN1CCCN(C(CCCCC)CCCCC)CC1. The fourth-order valence-electron chi connectivity index (χ4n) is 4.91. The average Bonchev–Trinajstić information content (AvgIpc) is 3.05. The molecule has 1 rings (SSSR count). The molecular formula is C27H57N2O4P. The van der Waals surface area contributed by atoms with Crippen molar-refractivity contribution in [3.05, 3.63) is 0 Å². The third kappa shape index (κ3) is 16.7. The molecule has 34 heavy (non-hydrogen) atoms. The summed E-state index contributed by atoms with van der Waals surface area (Å²) in [5.41, 5.74) is 0. The molecule has 1 aliphatic rings. The van der Waals surface area contributed by atoms with E-state index in [-0.39, 0.29) is 6.61 Å². The highest BCUT2D eigenvalue weighted by Crippen LogP contribution is 2.43. The van der Waals surface area contributed by atoms with Gasteiger partial charge in [0, 0.05) is 25.7 Å². The van der Waals surface area contributed by atoms with Gasteiger partial charge in [0.2, 0.25) is 0 Å². The van der Waals surface area contributed by atoms with Crippen LogP contribution >= 0.6 is 7.82 Å². The zero-order valence-corrected chi connectivity index (χ0v) is 23.7. The van der Waals surface area contributed by atoms with Crippen molar-refractivity contribution < 1.29 is 18.5 Å². The second-order valence-electron chi connectivity index (χ2n) is 10.1. The van der Waals surface area contributed by atoms with Gasteiger partial charge in [-0.2, -0.15) is 0 Å². The molecule has 1 aliphatic heterocycles. The first-order valence-corrected chi connectivity index (χ1v) is 16.1. The zero-order valence-electron chi connectivity index (χ0n) is 22.9. The van der Waals surface area contributed by atoms with Crippen molar-refractivity contribution in [1.29, 1.82) is 0 Å². The smallest absolute Gasteiger partial charge is 0.302 e. The average molecular weight is 505 g/mol. The van der Waals surface area contributed by atoms with Crippen LogP contribution in [0.1, 0.15) is 124 Å². The van der Waals surface area contributed by atoms with Crippen LogP contribution in [0.2, 0.25) is 0 Å². The standard InChI is InChI=1S/C27H57N2O4P/c1-4-7-10-11-12-13-16-25-32-34(30,31)33-26-24-28-20-17-21-29(23-22-28)27(18-14-8-5-2)19-15-9-6-3/h27H,4-26H2,1-3H3,(H,30,31). The molecule has 1 saturated heterocycles. The van der Waals surface area contributed by atoms with E-state index in [9.17, 15) is 9.46 Å². The Morgan fingerprint density at radius 3 is 1.91 bits per heavy atom. The molecule has 204 valence electrons. The lowest BCUT2D eigenvalue weighted by molar-refractivity contribution is 0.128. The van der Waals surface area contributed by atoms with Crippen molar-refractivity contribution >= 4 is 7.82 Å². The quantitative estimate of drug-likeness (QED) is 0.122. The third-order valence-corrected chi connectivity index (χ3v) is 8.10. The Kier molecular flexibility index (Phi) is 19.9. The van der Waals surface area contributed by atoms with E-state index in [0.29, 0.717) is 19.2 Å². The van der Waals surface area contributed by atoms with E-state index >= 15 is 0 Å². The fraction of sp³-hybridized carbons (Fsp3) is 1.00. The summed E-state index contributed by atoms with van der Waals surface area (Å²) in [7, 11) is -3.93. The van der Waals surface area contributed by atoms with Gasteiger partial charge in [0.05, 0.1) is 13.2 Å². The highest BCUT2D eigenvalue weighted by molar-refractivity contribution is 7.47. The van der Waals surface area contributed by atoms with Gasteiger partial charge in [0.1, 0.15) is 0 Å². The summed E-state index contributed by atoms with van der Waals surface area (Å²) in [6, 6.07) is 0.715. The second-order valence-corrected chi connectivity index (χ2v) is 11.6. The highest BCUT2D eigenvalue weighted by atomic mass is 31.2. The minimum atomic E-state index is -3.93. The molecule has 0 amide bonds. The predicted octanol–water partition coefficient (Wildman–Crippen LogP) is 7.41. The van der Waals surface area contributed by atoms with E-state index in [0.717, 1.165) is 38.9 Å². The Bertz CT molecular complexity index is 499. The van der Waals surface area contributed by atoms with Crippen LogP contribution < -0.4 is 0 Å². The van der Waals surface area contributed by atoms with Gasteiger partial charge in [0.25, 0.3) is 0 Å². The van der Waals surface area contributed by atoms with Crippen LogP contribution in [0, 0.1) is 0 Å². The van der Waals surface area contributed by atoms with Gasteiger partial charge < -0.3 is 4.89 Å². The van der Waals surface area contributed by atoms with Gasteiger partial charge >= 0.3 is 7.82 Å². The van der Waals surface area contributed by atoms with Gasteiger partial charge in [-0.3, -0.25) is 18.8 Å². The minimum Gasteiger partial charge on any atom is -0.302 e. The molecule has 0 aromatic heterocycles. The number of unbranched alkanes of at least 4 members (excludes halogenated alkanes) is 10. The molecule has 0 saturated carbocycles. The second kappa shape index (κ2) is 21.1. The molecule has 1 N–H and O–H groups in total. The Labute approximate surface area is 211 Å². The minimum absolute atomic E-state index is 0.251. The summed E-state index contributed by atoms with van der Waals surface area (Å²) in [4.78, 5) is 15.1. The lowest BCUT2D eigenvalue weighted by Gasteiger charge is -2.31. The Hall–Kier alpha value is 0.0300. The van der Waals surface area contributed by atoms with Crippen molar-refractivity contribution in [3.63, 3.8) is 0 Å². The van der Waals surface area contributed by atoms with E-state index in [1.54, 1.807) is 0 Å². The maximum Gasteiger partial charge on any atom is 0.472 e. The van der Waals surface area contributed by atoms with Crippen molar-refractivity contribution in [1.82, 2.24) is 9.80 Å². The Morgan fingerprint density at radius 1 is 0.706 bits per heavy atom. The maximum atomic E-state index is 12.2. The monoisotopic (exact) mass is 504 g/mol. The first kappa shape index (κ1) is 32.1. The summed E-state index contributed by atoms with van der Waals surface area (Å²) in [5.74, 6) is 0. The van der Waals surface area contributed by atoms with Gasteiger partial charge in [-0.25, -0.2) is 4.57 Å². The number of nitrogens with zero attached hydrogens (tertiary/aromatic N) is 2. The molecule has 1 atom stereocenters. The van der Waals surface area contributed by atoms with Crippen LogP contribution in [-0.2, 0) is 13.6 Å². The lowest BCUT2D eigenvalue weighted by atomic mass is 10.00. The maximum absolute atomic E-state index is 12.2. The summed E-state index contributed by atoms with van der Waals surface area (Å²) in [6.45, 7) is 12.3. The molecule has 0 aromatic rings. The fourth-order valence-corrected chi connectivity index (χ4v) is 5.66. The molecule has 1 unspecified atom stereocenters. The van der Waals surface area contributed by atoms with Crippen LogP contribution in [0.4, 0.5) is 0 Å². The van der Waals surface area contributed by atoms with Crippen LogP contribution in [0.5, 0.6) is 0 Å². The van der Waals surface area contributed by atoms with Gasteiger partial charge in [-0.05, 0) is 38.8 Å². The first-order valence-electron chi connectivity index (χ1n) is 14.6. The number of phosphoric ester groups is 1. The van der Waals surface area contributed by atoms with Gasteiger partial charge in [0.15, 0.2) is 0 Å². The van der Waals surface area contributed by atoms with Crippen LogP contribution in [-0.4, -0.2) is 66.7 Å². The van der Waals surface area contributed by atoms with Crippen LogP contribution in [0.15, 0.2) is 0 Å². The molecule has 0 aromatic carbocycles. The van der Waals surface area contributed by atoms with E-state index < -0.39 is 7.82 Å². The van der Waals surface area contributed by atoms with E-state index in [1.807, 2.05) is 0 Å². The first-order chi connectivity index (χ1) is 16.5. The van der Waals surface area contributed by atoms with Gasteiger partial charge in [-0.1, -0.05) is 97.8 Å². The summed E-state index contributed by atoms with van der Waals surface area (Å²) >= 11 is 0. The number of hydrogen-bond acceptors (Lipinski definition) is 5. The topological polar surface area (TPSA) is 62.2 Å². The summed E-state index contributed by atoms with van der Waals surface area (Å²) in [6.07, 6.45) is 19.8.